The number of aliphatic hydroxyl groups is 1. The van der Waals surface area contributed by atoms with E-state index in [9.17, 15) is 14.7 Å². The lowest BCUT2D eigenvalue weighted by Crippen LogP contribution is -2.47. The van der Waals surface area contributed by atoms with Crippen LogP contribution in [0.5, 0.6) is 17.2 Å². The third-order valence-corrected chi connectivity index (χ3v) is 6.90. The van der Waals surface area contributed by atoms with Gasteiger partial charge in [0.25, 0.3) is 5.91 Å². The lowest BCUT2D eigenvalue weighted by molar-refractivity contribution is 0.0213. The Morgan fingerprint density at radius 1 is 1.08 bits per heavy atom. The van der Waals surface area contributed by atoms with Gasteiger partial charge in [0.2, 0.25) is 0 Å². The number of aryl methyl sites for hydroxylation is 1. The number of carbonyl (C=O) groups excluding carboxylic acids is 1. The smallest absolute Gasteiger partial charge is 0.335 e. The average molecular weight is 513 g/mol. The fraction of sp³-hybridized carbons (Fsp3) is 0.500. The molecule has 37 heavy (non-hydrogen) atoms. The number of hydrogen-bond donors (Lipinski definition) is 3. The number of β-amino-alcohol motifs (C(OH)–C–C–N with tert-alkyl or cyclic N) is 1. The number of likely N-dealkylation sites (tertiary alicyclic amines) is 1. The zero-order valence-corrected chi connectivity index (χ0v) is 21.3. The first-order valence-electron chi connectivity index (χ1n) is 13.0. The molecule has 2 atom stereocenters. The molecule has 2 aliphatic rings. The fourth-order valence-electron chi connectivity index (χ4n) is 4.70. The highest BCUT2D eigenvalue weighted by Crippen LogP contribution is 2.36. The van der Waals surface area contributed by atoms with Crippen molar-refractivity contribution in [3.8, 4) is 17.2 Å². The van der Waals surface area contributed by atoms with Crippen molar-refractivity contribution in [1.29, 1.82) is 0 Å². The number of nitrogens with one attached hydrogen (secondary N) is 1. The summed E-state index contributed by atoms with van der Waals surface area (Å²) in [6.45, 7) is 6.29. The van der Waals surface area contributed by atoms with Crippen LogP contribution >= 0.6 is 0 Å². The zero-order chi connectivity index (χ0) is 26.2. The molecule has 200 valence electrons. The van der Waals surface area contributed by atoms with Crippen LogP contribution in [0.1, 0.15) is 52.0 Å². The van der Waals surface area contributed by atoms with Crippen LogP contribution in [0.25, 0.3) is 0 Å². The number of nitrogens with zero attached hydrogens (tertiary/aromatic N) is 1. The summed E-state index contributed by atoms with van der Waals surface area (Å²) in [5.74, 6) is 0.632. The van der Waals surface area contributed by atoms with Gasteiger partial charge >= 0.3 is 5.97 Å². The van der Waals surface area contributed by atoms with Crippen molar-refractivity contribution in [3.05, 3.63) is 53.1 Å². The Hall–Kier alpha value is -3.30. The Labute approximate surface area is 217 Å². The van der Waals surface area contributed by atoms with Crippen LogP contribution in [0, 0.1) is 12.8 Å². The number of carbonyl (C=O) groups is 2. The van der Waals surface area contributed by atoms with Crippen molar-refractivity contribution >= 4 is 11.9 Å². The third-order valence-electron chi connectivity index (χ3n) is 6.90. The van der Waals surface area contributed by atoms with E-state index in [2.05, 4.69) is 10.2 Å². The first kappa shape index (κ1) is 26.8. The van der Waals surface area contributed by atoms with Gasteiger partial charge in [0.05, 0.1) is 37.1 Å². The van der Waals surface area contributed by atoms with Crippen molar-refractivity contribution in [2.24, 2.45) is 5.92 Å². The quantitative estimate of drug-likeness (QED) is 0.416. The topological polar surface area (TPSA) is 118 Å². The Morgan fingerprint density at radius 2 is 1.84 bits per heavy atom. The standard InChI is InChI=1S/C28H36N2O7/c1-19-5-10-23(26-25(19)36-15-4-16-37-26)27(32)29-17-21-11-13-30(18-24(21)31)12-2-3-14-35-22-8-6-20(7-9-22)28(33)34/h5-10,21,24,31H,2-4,11-18H2,1H3,(H,29,32)(H,33,34)/t21-,24+/m0/s1. The van der Waals surface area contributed by atoms with Crippen LogP contribution in [0.15, 0.2) is 36.4 Å². The molecule has 0 radical (unpaired) electrons. The Balaban J connectivity index is 1.16. The summed E-state index contributed by atoms with van der Waals surface area (Å²) in [5, 5.41) is 22.6. The summed E-state index contributed by atoms with van der Waals surface area (Å²) < 4.78 is 17.3. The molecule has 0 aliphatic carbocycles. The molecule has 0 unspecified atom stereocenters. The number of hydrogen-bond acceptors (Lipinski definition) is 7. The predicted molar refractivity (Wildman–Crippen MR) is 138 cm³/mol. The van der Waals surface area contributed by atoms with Gasteiger partial charge in [-0.2, -0.15) is 0 Å². The number of ether oxygens (including phenoxy) is 3. The van der Waals surface area contributed by atoms with E-state index in [1.54, 1.807) is 18.2 Å². The summed E-state index contributed by atoms with van der Waals surface area (Å²) in [6, 6.07) is 10.0. The summed E-state index contributed by atoms with van der Waals surface area (Å²) in [7, 11) is 0. The molecule has 1 fully saturated rings. The first-order valence-corrected chi connectivity index (χ1v) is 13.0. The van der Waals surface area contributed by atoms with Gasteiger partial charge in [-0.15, -0.1) is 0 Å². The minimum atomic E-state index is -0.954. The zero-order valence-electron chi connectivity index (χ0n) is 21.3. The van der Waals surface area contributed by atoms with Crippen LogP contribution in [0.2, 0.25) is 0 Å². The molecule has 3 N–H and O–H groups in total. The number of aliphatic hydroxyl groups excluding tert-OH is 1. The summed E-state index contributed by atoms with van der Waals surface area (Å²) >= 11 is 0. The van der Waals surface area contributed by atoms with E-state index < -0.39 is 12.1 Å². The van der Waals surface area contributed by atoms with E-state index in [-0.39, 0.29) is 17.4 Å². The van der Waals surface area contributed by atoms with Crippen LogP contribution in [0.3, 0.4) is 0 Å². The SMILES string of the molecule is Cc1ccc(C(=O)NC[C@@H]2CCN(CCCCOc3ccc(C(=O)O)cc3)C[C@H]2O)c2c1OCCCO2. The molecule has 0 aromatic heterocycles. The van der Waals surface area contributed by atoms with Gasteiger partial charge in [-0.3, -0.25) is 4.79 Å². The molecule has 2 aromatic carbocycles. The number of unbranched alkanes of at least 4 members (excludes halogenated alkanes) is 1. The van der Waals surface area contributed by atoms with E-state index in [0.717, 1.165) is 44.3 Å². The maximum Gasteiger partial charge on any atom is 0.335 e. The monoisotopic (exact) mass is 512 g/mol. The maximum atomic E-state index is 12.9. The van der Waals surface area contributed by atoms with Crippen molar-refractivity contribution in [2.75, 3.05) is 46.0 Å². The summed E-state index contributed by atoms with van der Waals surface area (Å²) in [6.07, 6.45) is 2.86. The van der Waals surface area contributed by atoms with Crippen molar-refractivity contribution in [1.82, 2.24) is 10.2 Å². The number of rotatable bonds is 10. The lowest BCUT2D eigenvalue weighted by atomic mass is 9.93. The molecule has 0 bridgehead atoms. The Kier molecular flexibility index (Phi) is 9.24. The van der Waals surface area contributed by atoms with Crippen molar-refractivity contribution in [2.45, 2.75) is 38.7 Å². The molecule has 0 saturated carbocycles. The van der Waals surface area contributed by atoms with Gasteiger partial charge in [0, 0.05) is 25.4 Å². The molecule has 1 saturated heterocycles. The summed E-state index contributed by atoms with van der Waals surface area (Å²) in [4.78, 5) is 26.1. The molecule has 9 heteroatoms. The maximum absolute atomic E-state index is 12.9. The second-order valence-corrected chi connectivity index (χ2v) is 9.65. The summed E-state index contributed by atoms with van der Waals surface area (Å²) in [5.41, 5.74) is 1.65. The van der Waals surface area contributed by atoms with Gasteiger partial charge in [0.1, 0.15) is 5.75 Å². The largest absolute Gasteiger partial charge is 0.494 e. The third kappa shape index (κ3) is 7.14. The average Bonchev–Trinajstić information content (AvgIpc) is 3.15. The number of amides is 1. The Bertz CT molecular complexity index is 1070. The highest BCUT2D eigenvalue weighted by Gasteiger charge is 2.28. The number of fused-ring (bicyclic) bond motifs is 1. The molecule has 1 amide bonds. The number of carboxylic acids is 1. The van der Waals surface area contributed by atoms with E-state index in [0.29, 0.717) is 55.7 Å². The van der Waals surface area contributed by atoms with Gasteiger partial charge in [-0.25, -0.2) is 4.79 Å². The van der Waals surface area contributed by atoms with Crippen LogP contribution in [-0.4, -0.2) is 79.1 Å². The van der Waals surface area contributed by atoms with E-state index >= 15 is 0 Å². The predicted octanol–water partition coefficient (Wildman–Crippen LogP) is 3.13. The highest BCUT2D eigenvalue weighted by molar-refractivity contribution is 5.98. The molecular weight excluding hydrogens is 476 g/mol. The number of benzene rings is 2. The van der Waals surface area contributed by atoms with Crippen molar-refractivity contribution in [3.63, 3.8) is 0 Å². The van der Waals surface area contributed by atoms with Crippen LogP contribution in [-0.2, 0) is 0 Å². The van der Waals surface area contributed by atoms with Crippen LogP contribution in [0.4, 0.5) is 0 Å². The molecule has 2 aromatic rings. The highest BCUT2D eigenvalue weighted by atomic mass is 16.5. The number of aromatic carboxylic acids is 1. The molecule has 2 heterocycles. The van der Waals surface area contributed by atoms with Gasteiger partial charge in [-0.1, -0.05) is 6.07 Å². The van der Waals surface area contributed by atoms with Gasteiger partial charge in [0.15, 0.2) is 11.5 Å². The second kappa shape index (κ2) is 12.8. The van der Waals surface area contributed by atoms with E-state index in [4.69, 9.17) is 19.3 Å². The first-order chi connectivity index (χ1) is 17.9. The van der Waals surface area contributed by atoms with Gasteiger partial charge < -0.3 is 34.6 Å². The normalized spacial score (nSPS) is 19.6. The molecule has 2 aliphatic heterocycles. The van der Waals surface area contributed by atoms with E-state index in [1.807, 2.05) is 13.0 Å². The minimum Gasteiger partial charge on any atom is -0.494 e. The molecule has 9 nitrogen and oxygen atoms in total. The lowest BCUT2D eigenvalue weighted by Gasteiger charge is -2.36. The second-order valence-electron chi connectivity index (χ2n) is 9.65. The molecule has 0 spiro atoms. The van der Waals surface area contributed by atoms with Gasteiger partial charge in [-0.05, 0) is 75.2 Å². The molecule has 4 rings (SSSR count). The number of carboxylic acid groups (broad SMARTS) is 1. The number of piperidine rings is 1. The van der Waals surface area contributed by atoms with E-state index in [1.165, 1.54) is 12.1 Å². The van der Waals surface area contributed by atoms with Crippen molar-refractivity contribution < 1.29 is 34.0 Å². The van der Waals surface area contributed by atoms with Crippen LogP contribution < -0.4 is 19.5 Å². The minimum absolute atomic E-state index is 0.00136. The fourth-order valence-corrected chi connectivity index (χ4v) is 4.70. The Morgan fingerprint density at radius 3 is 2.57 bits per heavy atom. The molecular formula is C28H36N2O7.